The van der Waals surface area contributed by atoms with Crippen LogP contribution < -0.4 is 0 Å². The fourth-order valence-corrected chi connectivity index (χ4v) is 9.07. The van der Waals surface area contributed by atoms with E-state index in [1.807, 2.05) is 18.2 Å². The van der Waals surface area contributed by atoms with E-state index >= 15 is 0 Å². The van der Waals surface area contributed by atoms with E-state index in [9.17, 15) is 4.79 Å². The van der Waals surface area contributed by atoms with E-state index in [0.717, 1.165) is 20.2 Å². The molecule has 2 aliphatic heterocycles. The van der Waals surface area contributed by atoms with Gasteiger partial charge in [0, 0.05) is 23.9 Å². The molecule has 6 rings (SSSR count). The van der Waals surface area contributed by atoms with Crippen LogP contribution in [0.15, 0.2) is 80.8 Å². The molecule has 0 radical (unpaired) electrons. The number of benzene rings is 3. The molecule has 1 aliphatic carbocycles. The monoisotopic (exact) mass is 524 g/mol. The number of fused-ring (bicyclic) bond motifs is 8. The summed E-state index contributed by atoms with van der Waals surface area (Å²) in [7, 11) is -0.809. The van der Waals surface area contributed by atoms with Crippen molar-refractivity contribution >= 4 is 51.6 Å². The molecule has 2 heterocycles. The normalized spacial score (nSPS) is 22.2. The van der Waals surface area contributed by atoms with Crippen molar-refractivity contribution < 1.29 is 4.79 Å². The van der Waals surface area contributed by atoms with E-state index in [1.54, 1.807) is 11.7 Å². The topological polar surface area (TPSA) is 32.7 Å². The molecule has 6 heteroatoms. The van der Waals surface area contributed by atoms with Gasteiger partial charge in [0.2, 0.25) is 5.91 Å². The molecular weight excluding hydrogens is 511 g/mol. The Balaban J connectivity index is 1.64. The van der Waals surface area contributed by atoms with Gasteiger partial charge in [-0.15, -0.1) is 0 Å². The zero-order valence-electron chi connectivity index (χ0n) is 15.4. The Hall–Kier alpha value is -1.81. The zero-order valence-corrected chi connectivity index (χ0v) is 19.5. The zero-order chi connectivity index (χ0) is 19.9. The Kier molecular flexibility index (Phi) is 3.79. The minimum Gasteiger partial charge on any atom is -0.273 e. The number of hydrazone groups is 1. The highest BCUT2D eigenvalue weighted by molar-refractivity contribution is 9.10. The standard InChI is InChI=1S/C23H15Br2N2OP/c1-13(28)27-26-21(14-5-3-2-4-6-14)22-23(29(22)27)19-11-15(24)7-9-17(19)18-10-8-16(25)12-20(18)23/h2-12,22H,1H3. The summed E-state index contributed by atoms with van der Waals surface area (Å²) in [6.07, 6.45) is 0. The molecule has 142 valence electrons. The average Bonchev–Trinajstić information content (AvgIpc) is 3.08. The highest BCUT2D eigenvalue weighted by Gasteiger charge is 2.77. The third-order valence-electron chi connectivity index (χ3n) is 6.03. The van der Waals surface area contributed by atoms with Gasteiger partial charge in [0.1, 0.15) is 0 Å². The Morgan fingerprint density at radius 3 is 2.10 bits per heavy atom. The van der Waals surface area contributed by atoms with E-state index < -0.39 is 8.07 Å². The number of carbonyl (C=O) groups excluding carboxylic acids is 1. The van der Waals surface area contributed by atoms with Crippen LogP contribution in [-0.2, 0) is 9.95 Å². The summed E-state index contributed by atoms with van der Waals surface area (Å²) in [4.78, 5) is 12.6. The molecule has 1 fully saturated rings. The van der Waals surface area contributed by atoms with Crippen molar-refractivity contribution in [2.75, 3.05) is 0 Å². The van der Waals surface area contributed by atoms with Crippen LogP contribution in [-0.4, -0.2) is 22.1 Å². The van der Waals surface area contributed by atoms with Crippen LogP contribution in [0.1, 0.15) is 23.6 Å². The van der Waals surface area contributed by atoms with E-state index in [-0.39, 0.29) is 16.7 Å². The van der Waals surface area contributed by atoms with Crippen LogP contribution >= 0.6 is 39.9 Å². The molecule has 3 aliphatic rings. The number of nitrogens with zero attached hydrogens (tertiary/aromatic N) is 2. The molecule has 0 saturated carbocycles. The van der Waals surface area contributed by atoms with Crippen LogP contribution in [0.3, 0.4) is 0 Å². The van der Waals surface area contributed by atoms with Crippen molar-refractivity contribution in [3.63, 3.8) is 0 Å². The first kappa shape index (κ1) is 18.0. The van der Waals surface area contributed by atoms with Crippen molar-refractivity contribution in [1.29, 1.82) is 0 Å². The molecule has 1 saturated heterocycles. The number of rotatable bonds is 1. The minimum atomic E-state index is -0.809. The second-order valence-corrected chi connectivity index (χ2v) is 11.7. The van der Waals surface area contributed by atoms with E-state index in [4.69, 9.17) is 5.10 Å². The maximum atomic E-state index is 12.6. The van der Waals surface area contributed by atoms with Crippen LogP contribution in [0.25, 0.3) is 11.1 Å². The first-order chi connectivity index (χ1) is 14.0. The number of amides is 1. The van der Waals surface area contributed by atoms with Crippen molar-refractivity contribution in [2.45, 2.75) is 17.7 Å². The summed E-state index contributed by atoms with van der Waals surface area (Å²) in [5.74, 6) is 0.0175. The lowest BCUT2D eigenvalue weighted by atomic mass is 9.89. The third-order valence-corrected chi connectivity index (χ3v) is 10.1. The van der Waals surface area contributed by atoms with Gasteiger partial charge in [-0.2, -0.15) is 5.10 Å². The molecule has 3 aromatic rings. The molecule has 3 aromatic carbocycles. The van der Waals surface area contributed by atoms with Crippen molar-refractivity contribution in [3.8, 4) is 11.1 Å². The Labute approximate surface area is 186 Å². The molecule has 2 atom stereocenters. The number of carbonyl (C=O) groups is 1. The molecule has 3 nitrogen and oxygen atoms in total. The summed E-state index contributed by atoms with van der Waals surface area (Å²) in [6, 6.07) is 23.4. The minimum absolute atomic E-state index is 0.0175. The number of hydrogen-bond donors (Lipinski definition) is 0. The van der Waals surface area contributed by atoms with Gasteiger partial charge in [-0.25, -0.2) is 4.78 Å². The van der Waals surface area contributed by atoms with Gasteiger partial charge in [-0.05, 0) is 52.1 Å². The average molecular weight is 526 g/mol. The molecule has 0 N–H and O–H groups in total. The molecule has 0 aromatic heterocycles. The predicted octanol–water partition coefficient (Wildman–Crippen LogP) is 6.48. The van der Waals surface area contributed by atoms with Gasteiger partial charge in [0.15, 0.2) is 0 Å². The van der Waals surface area contributed by atoms with Gasteiger partial charge >= 0.3 is 0 Å². The van der Waals surface area contributed by atoms with Gasteiger partial charge in [-0.3, -0.25) is 4.79 Å². The molecule has 29 heavy (non-hydrogen) atoms. The predicted molar refractivity (Wildman–Crippen MR) is 124 cm³/mol. The summed E-state index contributed by atoms with van der Waals surface area (Å²) in [6.45, 7) is 1.63. The summed E-state index contributed by atoms with van der Waals surface area (Å²) in [5.41, 5.74) is 7.51. The fourth-order valence-electron chi connectivity index (χ4n) is 4.92. The lowest BCUT2D eigenvalue weighted by Crippen LogP contribution is -2.24. The van der Waals surface area contributed by atoms with Gasteiger partial charge in [0.05, 0.1) is 16.5 Å². The molecule has 1 spiro atoms. The Bertz CT molecular complexity index is 1190. The molecule has 1 amide bonds. The second-order valence-electron chi connectivity index (χ2n) is 7.55. The highest BCUT2D eigenvalue weighted by atomic mass is 79.9. The van der Waals surface area contributed by atoms with Gasteiger partial charge in [-0.1, -0.05) is 74.3 Å². The maximum Gasteiger partial charge on any atom is 0.242 e. The summed E-state index contributed by atoms with van der Waals surface area (Å²) < 4.78 is 3.91. The molecule has 0 bridgehead atoms. The van der Waals surface area contributed by atoms with Gasteiger partial charge in [0.25, 0.3) is 0 Å². The fraction of sp³-hybridized carbons (Fsp3) is 0.130. The van der Waals surface area contributed by atoms with E-state index in [1.165, 1.54) is 22.3 Å². The van der Waals surface area contributed by atoms with Crippen molar-refractivity contribution in [1.82, 2.24) is 4.78 Å². The SMILES string of the molecule is CC(=O)N1N=C(c2ccccc2)C2P1C21c2cc(Br)ccc2-c2ccc(Br)cc21. The molecular formula is C23H15Br2N2OP. The van der Waals surface area contributed by atoms with Gasteiger partial charge < -0.3 is 0 Å². The first-order valence-electron chi connectivity index (χ1n) is 9.38. The number of hydrogen-bond acceptors (Lipinski definition) is 2. The van der Waals surface area contributed by atoms with Crippen LogP contribution in [0.2, 0.25) is 0 Å². The Morgan fingerprint density at radius 2 is 1.55 bits per heavy atom. The summed E-state index contributed by atoms with van der Waals surface area (Å²) in [5, 5.41) is 4.62. The Morgan fingerprint density at radius 1 is 0.966 bits per heavy atom. The van der Waals surface area contributed by atoms with Crippen molar-refractivity contribution in [3.05, 3.63) is 92.4 Å². The summed E-state index contributed by atoms with van der Waals surface area (Å²) >= 11 is 7.35. The first-order valence-corrected chi connectivity index (χ1v) is 12.3. The van der Waals surface area contributed by atoms with E-state index in [2.05, 4.69) is 80.4 Å². The van der Waals surface area contributed by atoms with Crippen LogP contribution in [0.4, 0.5) is 0 Å². The lowest BCUT2D eigenvalue weighted by molar-refractivity contribution is -0.124. The quantitative estimate of drug-likeness (QED) is 0.334. The maximum absolute atomic E-state index is 12.6. The van der Waals surface area contributed by atoms with Crippen molar-refractivity contribution in [2.24, 2.45) is 5.10 Å². The number of halogens is 2. The smallest absolute Gasteiger partial charge is 0.242 e. The third kappa shape index (κ3) is 2.27. The second kappa shape index (κ2) is 6.10. The van der Waals surface area contributed by atoms with E-state index in [0.29, 0.717) is 0 Å². The highest BCUT2D eigenvalue weighted by Crippen LogP contribution is 2.90. The van der Waals surface area contributed by atoms with Crippen LogP contribution in [0, 0.1) is 0 Å². The lowest BCUT2D eigenvalue weighted by Gasteiger charge is -2.22. The molecule has 2 unspecified atom stereocenters. The van der Waals surface area contributed by atoms with Crippen LogP contribution in [0.5, 0.6) is 0 Å². The largest absolute Gasteiger partial charge is 0.273 e.